The van der Waals surface area contributed by atoms with Crippen molar-refractivity contribution < 1.29 is 0 Å². The molecular formula is C15H14ClN5. The van der Waals surface area contributed by atoms with Crippen molar-refractivity contribution >= 4 is 29.1 Å². The second kappa shape index (κ2) is 4.70. The number of hydrogen-bond donors (Lipinski definition) is 0. The van der Waals surface area contributed by atoms with E-state index in [1.165, 1.54) is 0 Å². The lowest BCUT2D eigenvalue weighted by Crippen LogP contribution is -2.41. The zero-order valence-electron chi connectivity index (χ0n) is 11.6. The summed E-state index contributed by atoms with van der Waals surface area (Å²) in [6, 6.07) is 7.62. The van der Waals surface area contributed by atoms with Crippen LogP contribution in [0.3, 0.4) is 0 Å². The van der Waals surface area contributed by atoms with Crippen molar-refractivity contribution in [3.63, 3.8) is 0 Å². The fourth-order valence-electron chi connectivity index (χ4n) is 2.77. The quantitative estimate of drug-likeness (QED) is 0.812. The predicted molar refractivity (Wildman–Crippen MR) is 84.1 cm³/mol. The number of nitrogens with zero attached hydrogens (tertiary/aromatic N) is 5. The Bertz CT molecular complexity index is 774. The maximum atomic E-state index is 6.08. The molecule has 0 bridgehead atoms. The first-order valence-corrected chi connectivity index (χ1v) is 7.33. The van der Waals surface area contributed by atoms with E-state index in [0.29, 0.717) is 5.02 Å². The fraction of sp³-hybridized carbons (Fsp3) is 0.267. The highest BCUT2D eigenvalue weighted by Crippen LogP contribution is 2.31. The minimum atomic E-state index is 0.685. The molecule has 0 radical (unpaired) electrons. The van der Waals surface area contributed by atoms with Gasteiger partial charge in [0.25, 0.3) is 0 Å². The highest BCUT2D eigenvalue weighted by Gasteiger charge is 2.29. The van der Waals surface area contributed by atoms with Crippen LogP contribution < -0.4 is 0 Å². The van der Waals surface area contributed by atoms with E-state index in [2.05, 4.69) is 15.0 Å². The molecule has 2 aliphatic heterocycles. The van der Waals surface area contributed by atoms with Crippen LogP contribution in [-0.2, 0) is 0 Å². The number of halogens is 1. The summed E-state index contributed by atoms with van der Waals surface area (Å²) < 4.78 is 1.82. The summed E-state index contributed by atoms with van der Waals surface area (Å²) in [6.07, 6.45) is 2.90. The van der Waals surface area contributed by atoms with Crippen LogP contribution in [0.25, 0.3) is 5.69 Å². The molecule has 4 rings (SSSR count). The second-order valence-corrected chi connectivity index (χ2v) is 5.58. The van der Waals surface area contributed by atoms with Gasteiger partial charge in [-0.3, -0.25) is 4.99 Å². The van der Waals surface area contributed by atoms with Gasteiger partial charge in [0, 0.05) is 18.1 Å². The molecule has 0 unspecified atom stereocenters. The number of aromatic nitrogens is 2. The molecule has 5 nitrogen and oxygen atoms in total. The largest absolute Gasteiger partial charge is 0.314 e. The molecule has 6 heteroatoms. The molecule has 3 heterocycles. The van der Waals surface area contributed by atoms with Crippen LogP contribution in [0.2, 0.25) is 5.02 Å². The van der Waals surface area contributed by atoms with Gasteiger partial charge >= 0.3 is 0 Å². The van der Waals surface area contributed by atoms with Gasteiger partial charge < -0.3 is 4.90 Å². The lowest BCUT2D eigenvalue weighted by Gasteiger charge is -2.31. The van der Waals surface area contributed by atoms with E-state index in [-0.39, 0.29) is 0 Å². The molecule has 2 aliphatic rings. The van der Waals surface area contributed by atoms with Crippen molar-refractivity contribution in [1.82, 2.24) is 14.7 Å². The van der Waals surface area contributed by atoms with Gasteiger partial charge in [0.1, 0.15) is 11.7 Å². The molecule has 0 saturated carbocycles. The van der Waals surface area contributed by atoms with E-state index >= 15 is 0 Å². The zero-order chi connectivity index (χ0) is 14.4. The summed E-state index contributed by atoms with van der Waals surface area (Å²) >= 11 is 6.08. The molecule has 0 amide bonds. The van der Waals surface area contributed by atoms with E-state index in [1.54, 1.807) is 0 Å². The smallest absolute Gasteiger partial charge is 0.168 e. The van der Waals surface area contributed by atoms with Crippen molar-refractivity contribution in [3.8, 4) is 5.69 Å². The minimum Gasteiger partial charge on any atom is -0.314 e. The first-order valence-electron chi connectivity index (χ1n) is 6.95. The average Bonchev–Trinajstić information content (AvgIpc) is 2.91. The monoisotopic (exact) mass is 299 g/mol. The molecule has 1 aromatic heterocycles. The maximum absolute atomic E-state index is 6.08. The molecular weight excluding hydrogens is 286 g/mol. The van der Waals surface area contributed by atoms with Gasteiger partial charge in [0.2, 0.25) is 0 Å². The SMILES string of the molecule is CC1=Nc2c(cnn2-c2cccc(Cl)c2)C2=NCCCN12. The predicted octanol–water partition coefficient (Wildman–Crippen LogP) is 3.04. The molecule has 21 heavy (non-hydrogen) atoms. The summed E-state index contributed by atoms with van der Waals surface area (Å²) in [5.41, 5.74) is 1.89. The Morgan fingerprint density at radius 1 is 1.29 bits per heavy atom. The number of benzene rings is 1. The number of hydrogen-bond acceptors (Lipinski definition) is 4. The van der Waals surface area contributed by atoms with Gasteiger partial charge in [-0.1, -0.05) is 17.7 Å². The molecule has 0 saturated heterocycles. The molecule has 0 N–H and O–H groups in total. The third-order valence-corrected chi connectivity index (χ3v) is 3.99. The number of rotatable bonds is 1. The maximum Gasteiger partial charge on any atom is 0.168 e. The normalized spacial score (nSPS) is 17.0. The van der Waals surface area contributed by atoms with Crippen molar-refractivity contribution in [1.29, 1.82) is 0 Å². The van der Waals surface area contributed by atoms with Gasteiger partial charge in [-0.2, -0.15) is 5.10 Å². The third-order valence-electron chi connectivity index (χ3n) is 3.75. The zero-order valence-corrected chi connectivity index (χ0v) is 12.4. The van der Waals surface area contributed by atoms with Gasteiger partial charge in [-0.15, -0.1) is 0 Å². The number of fused-ring (bicyclic) bond motifs is 3. The van der Waals surface area contributed by atoms with Crippen molar-refractivity contribution in [3.05, 3.63) is 41.0 Å². The Balaban J connectivity index is 1.90. The summed E-state index contributed by atoms with van der Waals surface area (Å²) in [7, 11) is 0. The van der Waals surface area contributed by atoms with E-state index in [4.69, 9.17) is 16.6 Å². The average molecular weight is 300 g/mol. The first-order chi connectivity index (χ1) is 10.2. The summed E-state index contributed by atoms with van der Waals surface area (Å²) in [4.78, 5) is 11.5. The van der Waals surface area contributed by atoms with E-state index in [9.17, 15) is 0 Å². The standard InChI is InChI=1S/C15H14ClN5/c1-10-19-15-13(14-17-6-3-7-20(10)14)9-18-21(15)12-5-2-4-11(16)8-12/h2,4-5,8-9H,3,6-7H2,1H3. The summed E-state index contributed by atoms with van der Waals surface area (Å²) in [5, 5.41) is 5.16. The molecule has 0 aliphatic carbocycles. The highest BCUT2D eigenvalue weighted by molar-refractivity contribution is 6.30. The van der Waals surface area contributed by atoms with E-state index in [0.717, 1.165) is 48.3 Å². The molecule has 106 valence electrons. The summed E-state index contributed by atoms with van der Waals surface area (Å²) in [6.45, 7) is 3.84. The number of amidine groups is 2. The van der Waals surface area contributed by atoms with Crippen molar-refractivity contribution in [2.24, 2.45) is 9.98 Å². The molecule has 0 spiro atoms. The van der Waals surface area contributed by atoms with Gasteiger partial charge in [-0.25, -0.2) is 9.67 Å². The van der Waals surface area contributed by atoms with Gasteiger partial charge in [0.05, 0.1) is 17.4 Å². The first kappa shape index (κ1) is 12.6. The van der Waals surface area contributed by atoms with Crippen LogP contribution in [0.4, 0.5) is 5.82 Å². The van der Waals surface area contributed by atoms with Gasteiger partial charge in [0.15, 0.2) is 5.82 Å². The minimum absolute atomic E-state index is 0.685. The van der Waals surface area contributed by atoms with Crippen LogP contribution in [0, 0.1) is 0 Å². The van der Waals surface area contributed by atoms with Crippen LogP contribution in [0.15, 0.2) is 40.4 Å². The Labute approximate surface area is 127 Å². The Kier molecular flexibility index (Phi) is 2.82. The van der Waals surface area contributed by atoms with Crippen molar-refractivity contribution in [2.75, 3.05) is 13.1 Å². The second-order valence-electron chi connectivity index (χ2n) is 5.14. The topological polar surface area (TPSA) is 45.8 Å². The van der Waals surface area contributed by atoms with Crippen LogP contribution in [-0.4, -0.2) is 39.4 Å². The lowest BCUT2D eigenvalue weighted by molar-refractivity contribution is 0.543. The highest BCUT2D eigenvalue weighted by atomic mass is 35.5. The van der Waals surface area contributed by atoms with Gasteiger partial charge in [-0.05, 0) is 31.5 Å². The van der Waals surface area contributed by atoms with E-state index in [1.807, 2.05) is 42.1 Å². The summed E-state index contributed by atoms with van der Waals surface area (Å²) in [5.74, 6) is 2.77. The van der Waals surface area contributed by atoms with Crippen LogP contribution in [0.1, 0.15) is 18.9 Å². The third kappa shape index (κ3) is 1.96. The Hall–Kier alpha value is -2.14. The molecule has 0 fully saturated rings. The molecule has 0 atom stereocenters. The Morgan fingerprint density at radius 2 is 2.19 bits per heavy atom. The van der Waals surface area contributed by atoms with Crippen molar-refractivity contribution in [2.45, 2.75) is 13.3 Å². The number of aliphatic imine (C=N–C) groups is 2. The van der Waals surface area contributed by atoms with Crippen LogP contribution in [0.5, 0.6) is 0 Å². The lowest BCUT2D eigenvalue weighted by atomic mass is 10.1. The van der Waals surface area contributed by atoms with Crippen LogP contribution >= 0.6 is 11.6 Å². The molecule has 1 aromatic carbocycles. The fourth-order valence-corrected chi connectivity index (χ4v) is 2.95. The Morgan fingerprint density at radius 3 is 3.05 bits per heavy atom. The molecule has 2 aromatic rings. The van der Waals surface area contributed by atoms with E-state index < -0.39 is 0 Å².